The van der Waals surface area contributed by atoms with Crippen LogP contribution >= 0.6 is 0 Å². The Bertz CT molecular complexity index is 1350. The highest BCUT2D eigenvalue weighted by Gasteiger charge is 2.74. The highest BCUT2D eigenvalue weighted by atomic mass is 16.8. The normalized spacial score (nSPS) is 28.4. The van der Waals surface area contributed by atoms with Gasteiger partial charge in [0, 0.05) is 25.8 Å². The molecule has 0 spiro atoms. The van der Waals surface area contributed by atoms with Crippen molar-refractivity contribution < 1.29 is 57.9 Å². The quantitative estimate of drug-likeness (QED) is 0.113. The number of nitrogens with one attached hydrogen (secondary N) is 2. The SMILES string of the molecule is CC(C)(C)OC(=O)CCC(CO)NC(=O)CCNC(=O)C12CC3OC(=O)C1N(Cc1ccc(C=COCCO)cc1)OC2C1OCOC31. The average Bonchev–Trinajstić information content (AvgIpc) is 3.66. The topological polar surface area (TPSA) is 191 Å². The summed E-state index contributed by atoms with van der Waals surface area (Å²) in [7, 11) is 0. The molecule has 5 rings (SSSR count). The highest BCUT2D eigenvalue weighted by Crippen LogP contribution is 2.55. The van der Waals surface area contributed by atoms with Crippen molar-refractivity contribution in [2.24, 2.45) is 5.41 Å². The van der Waals surface area contributed by atoms with Crippen molar-refractivity contribution in [1.29, 1.82) is 0 Å². The summed E-state index contributed by atoms with van der Waals surface area (Å²) in [4.78, 5) is 58.7. The minimum Gasteiger partial charge on any atom is -0.499 e. The van der Waals surface area contributed by atoms with Crippen molar-refractivity contribution in [3.05, 3.63) is 41.7 Å². The molecule has 4 N–H and O–H groups in total. The molecule has 1 saturated carbocycles. The molecule has 2 bridgehead atoms. The van der Waals surface area contributed by atoms with Crippen LogP contribution in [0.3, 0.4) is 0 Å². The molecular formula is C33H45N3O12. The van der Waals surface area contributed by atoms with Crippen molar-refractivity contribution in [2.45, 2.75) is 95.1 Å². The molecular weight excluding hydrogens is 630 g/mol. The second-order valence-corrected chi connectivity index (χ2v) is 13.3. The number of amides is 2. The first kappa shape index (κ1) is 35.7. The number of nitrogens with zero attached hydrogens (tertiary/aromatic N) is 1. The zero-order valence-electron chi connectivity index (χ0n) is 27.4. The molecule has 1 aromatic rings. The number of ether oxygens (including phenoxy) is 5. The van der Waals surface area contributed by atoms with Crippen LogP contribution in [0.4, 0.5) is 0 Å². The van der Waals surface area contributed by atoms with Crippen LogP contribution in [0.25, 0.3) is 6.08 Å². The Morgan fingerprint density at radius 1 is 1.12 bits per heavy atom. The third kappa shape index (κ3) is 7.98. The van der Waals surface area contributed by atoms with Gasteiger partial charge in [-0.25, -0.2) is 0 Å². The Kier molecular flexibility index (Phi) is 11.4. The first-order valence-electron chi connectivity index (χ1n) is 16.2. The predicted molar refractivity (Wildman–Crippen MR) is 166 cm³/mol. The van der Waals surface area contributed by atoms with E-state index < -0.39 is 71.3 Å². The van der Waals surface area contributed by atoms with Crippen molar-refractivity contribution in [3.63, 3.8) is 0 Å². The third-order valence-corrected chi connectivity index (χ3v) is 8.72. The Labute approximate surface area is 278 Å². The van der Waals surface area contributed by atoms with E-state index in [9.17, 15) is 24.3 Å². The number of carbonyl (C=O) groups is 4. The number of esters is 2. The molecule has 48 heavy (non-hydrogen) atoms. The van der Waals surface area contributed by atoms with Gasteiger partial charge in [0.05, 0.1) is 32.1 Å². The lowest BCUT2D eigenvalue weighted by molar-refractivity contribution is -0.201. The van der Waals surface area contributed by atoms with Crippen molar-refractivity contribution in [2.75, 3.05) is 33.2 Å². The van der Waals surface area contributed by atoms with Crippen LogP contribution in [0.5, 0.6) is 0 Å². The molecule has 0 radical (unpaired) electrons. The summed E-state index contributed by atoms with van der Waals surface area (Å²) in [5.74, 6) is -1.92. The van der Waals surface area contributed by atoms with Gasteiger partial charge in [-0.2, -0.15) is 5.06 Å². The van der Waals surface area contributed by atoms with Gasteiger partial charge in [0.25, 0.3) is 0 Å². The van der Waals surface area contributed by atoms with Crippen LogP contribution in [0.2, 0.25) is 0 Å². The first-order chi connectivity index (χ1) is 22.9. The number of fused-ring (bicyclic) bond motifs is 4. The number of carbonyl (C=O) groups excluding carboxylic acids is 4. The standard InChI is InChI=1S/C33H45N3O12/c1-32(2,3)47-25(40)9-8-22(18-38)35-24(39)10-12-34-31(42)33-16-23-26-27(45-19-44-26)29(33)48-36(28(33)30(41)46-23)17-21-6-4-20(5-7-21)11-14-43-15-13-37/h4-7,11,14,22-23,26-29,37-38H,8-10,12-13,15-19H2,1-3H3,(H,34,42)(H,35,39). The molecule has 4 fully saturated rings. The average molecular weight is 676 g/mol. The molecule has 3 saturated heterocycles. The van der Waals surface area contributed by atoms with E-state index >= 15 is 0 Å². The summed E-state index contributed by atoms with van der Waals surface area (Å²) in [6.07, 6.45) is 0.737. The Morgan fingerprint density at radius 3 is 2.58 bits per heavy atom. The lowest BCUT2D eigenvalue weighted by Crippen LogP contribution is -2.69. The lowest BCUT2D eigenvalue weighted by atomic mass is 9.62. The van der Waals surface area contributed by atoms with Crippen LogP contribution in [0.1, 0.15) is 57.6 Å². The first-order valence-corrected chi connectivity index (χ1v) is 16.2. The maximum atomic E-state index is 14.1. The monoisotopic (exact) mass is 675 g/mol. The summed E-state index contributed by atoms with van der Waals surface area (Å²) in [6.45, 7) is 5.12. The molecule has 4 aliphatic rings. The van der Waals surface area contributed by atoms with E-state index in [1.807, 2.05) is 24.3 Å². The summed E-state index contributed by atoms with van der Waals surface area (Å²) in [5, 5.41) is 25.6. The number of hydrogen-bond acceptors (Lipinski definition) is 13. The molecule has 3 heterocycles. The summed E-state index contributed by atoms with van der Waals surface area (Å²) in [6, 6.07) is 5.72. The molecule has 2 amide bonds. The van der Waals surface area contributed by atoms with E-state index in [1.54, 1.807) is 26.8 Å². The fourth-order valence-corrected chi connectivity index (χ4v) is 6.64. The molecule has 0 aromatic heterocycles. The largest absolute Gasteiger partial charge is 0.499 e. The van der Waals surface area contributed by atoms with Gasteiger partial charge < -0.3 is 44.5 Å². The second-order valence-electron chi connectivity index (χ2n) is 13.3. The Balaban J connectivity index is 1.23. The van der Waals surface area contributed by atoms with E-state index in [-0.39, 0.29) is 65.4 Å². The van der Waals surface area contributed by atoms with Crippen LogP contribution in [0, 0.1) is 5.41 Å². The van der Waals surface area contributed by atoms with Gasteiger partial charge in [0.15, 0.2) is 6.04 Å². The van der Waals surface area contributed by atoms with E-state index in [0.717, 1.165) is 11.1 Å². The van der Waals surface area contributed by atoms with Gasteiger partial charge in [0.2, 0.25) is 11.8 Å². The van der Waals surface area contributed by atoms with Gasteiger partial charge in [-0.05, 0) is 44.4 Å². The third-order valence-electron chi connectivity index (χ3n) is 8.72. The van der Waals surface area contributed by atoms with Gasteiger partial charge in [-0.15, -0.1) is 0 Å². The second kappa shape index (κ2) is 15.3. The van der Waals surface area contributed by atoms with E-state index in [0.29, 0.717) is 0 Å². The number of aliphatic hydroxyl groups is 2. The van der Waals surface area contributed by atoms with Gasteiger partial charge in [-0.1, -0.05) is 24.3 Å². The van der Waals surface area contributed by atoms with E-state index in [2.05, 4.69) is 10.6 Å². The molecule has 15 heteroatoms. The van der Waals surface area contributed by atoms with Crippen molar-refractivity contribution >= 4 is 29.8 Å². The zero-order chi connectivity index (χ0) is 34.5. The molecule has 7 unspecified atom stereocenters. The van der Waals surface area contributed by atoms with Crippen molar-refractivity contribution in [1.82, 2.24) is 15.7 Å². The zero-order valence-corrected chi connectivity index (χ0v) is 27.4. The molecule has 264 valence electrons. The van der Waals surface area contributed by atoms with E-state index in [4.69, 9.17) is 33.6 Å². The minimum atomic E-state index is -1.36. The number of hydroxylamine groups is 2. The molecule has 15 nitrogen and oxygen atoms in total. The smallest absolute Gasteiger partial charge is 0.327 e. The molecule has 3 aliphatic heterocycles. The number of aliphatic hydroxyl groups excluding tert-OH is 2. The minimum absolute atomic E-state index is 0.0219. The summed E-state index contributed by atoms with van der Waals surface area (Å²) < 4.78 is 27.8. The van der Waals surface area contributed by atoms with Crippen molar-refractivity contribution in [3.8, 4) is 0 Å². The molecule has 7 atom stereocenters. The van der Waals surface area contributed by atoms with Crippen LogP contribution in [-0.2, 0) is 54.2 Å². The maximum Gasteiger partial charge on any atom is 0.327 e. The summed E-state index contributed by atoms with van der Waals surface area (Å²) >= 11 is 0. The predicted octanol–water partition coefficient (Wildman–Crippen LogP) is 0.313. The van der Waals surface area contributed by atoms with E-state index in [1.165, 1.54) is 11.3 Å². The highest BCUT2D eigenvalue weighted by molar-refractivity contribution is 5.94. The van der Waals surface area contributed by atoms with Crippen LogP contribution in [0.15, 0.2) is 30.5 Å². The Hall–Kier alpha value is -3.60. The van der Waals surface area contributed by atoms with Crippen LogP contribution < -0.4 is 10.6 Å². The summed E-state index contributed by atoms with van der Waals surface area (Å²) in [5.41, 5.74) is -0.325. The Morgan fingerprint density at radius 2 is 1.88 bits per heavy atom. The lowest BCUT2D eigenvalue weighted by Gasteiger charge is -2.48. The number of benzene rings is 1. The van der Waals surface area contributed by atoms with Gasteiger partial charge >= 0.3 is 11.9 Å². The van der Waals surface area contributed by atoms with Gasteiger partial charge in [0.1, 0.15) is 48.8 Å². The molecule has 1 aromatic carbocycles. The molecule has 1 aliphatic carbocycles. The van der Waals surface area contributed by atoms with Gasteiger partial charge in [-0.3, -0.25) is 24.0 Å². The fraction of sp³-hybridized carbons (Fsp3) is 0.636. The van der Waals surface area contributed by atoms with Crippen LogP contribution in [-0.4, -0.2) is 114 Å². The number of hydrogen-bond donors (Lipinski definition) is 4. The fourth-order valence-electron chi connectivity index (χ4n) is 6.64. The maximum absolute atomic E-state index is 14.1. The number of rotatable bonds is 15.